The van der Waals surface area contributed by atoms with Gasteiger partial charge in [0.05, 0.1) is 25.7 Å². The SMILES string of the molecule is N#CCCN(CCN1CCOCC1)C(=O)C(F)F. The molecule has 1 saturated heterocycles. The molecule has 18 heavy (non-hydrogen) atoms. The van der Waals surface area contributed by atoms with Gasteiger partial charge < -0.3 is 9.64 Å². The van der Waals surface area contributed by atoms with Crippen molar-refractivity contribution < 1.29 is 18.3 Å². The molecule has 0 aromatic heterocycles. The highest BCUT2D eigenvalue weighted by Crippen LogP contribution is 2.04. The Morgan fingerprint density at radius 2 is 2.06 bits per heavy atom. The lowest BCUT2D eigenvalue weighted by molar-refractivity contribution is -0.143. The summed E-state index contributed by atoms with van der Waals surface area (Å²) in [6, 6.07) is 1.86. The number of morpholine rings is 1. The highest BCUT2D eigenvalue weighted by molar-refractivity contribution is 5.79. The van der Waals surface area contributed by atoms with E-state index in [0.29, 0.717) is 19.8 Å². The molecule has 1 amide bonds. The van der Waals surface area contributed by atoms with Crippen LogP contribution in [0.2, 0.25) is 0 Å². The number of nitriles is 1. The quantitative estimate of drug-likeness (QED) is 0.691. The first-order chi connectivity index (χ1) is 8.65. The maximum Gasteiger partial charge on any atom is 0.315 e. The molecule has 0 unspecified atom stereocenters. The average Bonchev–Trinajstić information content (AvgIpc) is 2.39. The molecule has 1 aliphatic heterocycles. The van der Waals surface area contributed by atoms with Crippen molar-refractivity contribution >= 4 is 5.91 Å². The molecule has 0 N–H and O–H groups in total. The van der Waals surface area contributed by atoms with Crippen LogP contribution in [0.5, 0.6) is 0 Å². The van der Waals surface area contributed by atoms with Gasteiger partial charge in [0.25, 0.3) is 5.91 Å². The Balaban J connectivity index is 2.39. The summed E-state index contributed by atoms with van der Waals surface area (Å²) in [7, 11) is 0. The van der Waals surface area contributed by atoms with Crippen molar-refractivity contribution in [1.29, 1.82) is 5.26 Å². The first-order valence-corrected chi connectivity index (χ1v) is 5.89. The smallest absolute Gasteiger partial charge is 0.315 e. The summed E-state index contributed by atoms with van der Waals surface area (Å²) < 4.78 is 29.9. The van der Waals surface area contributed by atoms with Gasteiger partial charge in [-0.2, -0.15) is 14.0 Å². The maximum atomic E-state index is 12.4. The van der Waals surface area contributed by atoms with Crippen molar-refractivity contribution in [3.8, 4) is 6.07 Å². The molecule has 1 heterocycles. The number of hydrogen-bond donors (Lipinski definition) is 0. The van der Waals surface area contributed by atoms with Crippen LogP contribution in [0.3, 0.4) is 0 Å². The lowest BCUT2D eigenvalue weighted by atomic mass is 10.3. The molecule has 1 rings (SSSR count). The van der Waals surface area contributed by atoms with Crippen molar-refractivity contribution in [2.45, 2.75) is 12.8 Å². The third kappa shape index (κ3) is 4.94. The Bertz CT molecular complexity index is 301. The van der Waals surface area contributed by atoms with Crippen LogP contribution in [0.4, 0.5) is 8.78 Å². The van der Waals surface area contributed by atoms with E-state index in [2.05, 4.69) is 4.90 Å². The second kappa shape index (κ2) is 7.95. The van der Waals surface area contributed by atoms with E-state index in [-0.39, 0.29) is 19.5 Å². The van der Waals surface area contributed by atoms with Crippen molar-refractivity contribution in [1.82, 2.24) is 9.80 Å². The molecule has 1 fully saturated rings. The van der Waals surface area contributed by atoms with Crippen molar-refractivity contribution in [2.75, 3.05) is 45.9 Å². The molecule has 0 spiro atoms. The molecule has 1 aliphatic rings. The standard InChI is InChI=1S/C11H17F2N3O2/c12-10(13)11(17)16(3-1-2-14)5-4-15-6-8-18-9-7-15/h10H,1,3-9H2. The van der Waals surface area contributed by atoms with Gasteiger partial charge in [0.15, 0.2) is 0 Å². The largest absolute Gasteiger partial charge is 0.379 e. The minimum Gasteiger partial charge on any atom is -0.379 e. The molecule has 0 saturated carbocycles. The van der Waals surface area contributed by atoms with Crippen LogP contribution in [0.1, 0.15) is 6.42 Å². The predicted octanol–water partition coefficient (Wildman–Crippen LogP) is 0.326. The predicted molar refractivity (Wildman–Crippen MR) is 60.1 cm³/mol. The minimum atomic E-state index is -3.01. The van der Waals surface area contributed by atoms with Gasteiger partial charge in [-0.15, -0.1) is 0 Å². The van der Waals surface area contributed by atoms with Gasteiger partial charge in [-0.1, -0.05) is 0 Å². The van der Waals surface area contributed by atoms with Gasteiger partial charge >= 0.3 is 6.43 Å². The zero-order chi connectivity index (χ0) is 13.4. The molecule has 0 aliphatic carbocycles. The van der Waals surface area contributed by atoms with Gasteiger partial charge in [0, 0.05) is 32.7 Å². The number of ether oxygens (including phenoxy) is 1. The Morgan fingerprint density at radius 1 is 1.39 bits per heavy atom. The van der Waals surface area contributed by atoms with Crippen LogP contribution in [0.25, 0.3) is 0 Å². The van der Waals surface area contributed by atoms with Gasteiger partial charge in [-0.3, -0.25) is 9.69 Å². The van der Waals surface area contributed by atoms with Crippen LogP contribution in [-0.4, -0.2) is 68.1 Å². The van der Waals surface area contributed by atoms with Crippen LogP contribution >= 0.6 is 0 Å². The molecular weight excluding hydrogens is 244 g/mol. The van der Waals surface area contributed by atoms with E-state index >= 15 is 0 Å². The molecule has 0 radical (unpaired) electrons. The second-order valence-electron chi connectivity index (χ2n) is 3.99. The van der Waals surface area contributed by atoms with Crippen LogP contribution in [0, 0.1) is 11.3 Å². The number of rotatable bonds is 6. The molecular formula is C11H17F2N3O2. The summed E-state index contributed by atoms with van der Waals surface area (Å²) in [5.41, 5.74) is 0. The Hall–Kier alpha value is -1.26. The van der Waals surface area contributed by atoms with E-state index in [4.69, 9.17) is 10.00 Å². The topological polar surface area (TPSA) is 56.6 Å². The van der Waals surface area contributed by atoms with Crippen LogP contribution in [0.15, 0.2) is 0 Å². The zero-order valence-corrected chi connectivity index (χ0v) is 10.1. The van der Waals surface area contributed by atoms with Crippen LogP contribution < -0.4 is 0 Å². The number of carbonyl (C=O) groups is 1. The second-order valence-corrected chi connectivity index (χ2v) is 3.99. The van der Waals surface area contributed by atoms with Gasteiger partial charge in [0.2, 0.25) is 0 Å². The monoisotopic (exact) mass is 261 g/mol. The number of alkyl halides is 2. The fraction of sp³-hybridized carbons (Fsp3) is 0.818. The number of amides is 1. The summed E-state index contributed by atoms with van der Waals surface area (Å²) >= 11 is 0. The van der Waals surface area contributed by atoms with Crippen LogP contribution in [-0.2, 0) is 9.53 Å². The third-order valence-corrected chi connectivity index (χ3v) is 2.78. The first kappa shape index (κ1) is 14.8. The van der Waals surface area contributed by atoms with E-state index in [1.807, 2.05) is 6.07 Å². The number of nitrogens with zero attached hydrogens (tertiary/aromatic N) is 3. The number of hydrogen-bond acceptors (Lipinski definition) is 4. The summed E-state index contributed by atoms with van der Waals surface area (Å²) in [4.78, 5) is 14.4. The lowest BCUT2D eigenvalue weighted by Gasteiger charge is -2.29. The minimum absolute atomic E-state index is 0.0595. The van der Waals surface area contributed by atoms with Gasteiger partial charge in [0.1, 0.15) is 0 Å². The molecule has 0 bridgehead atoms. The Morgan fingerprint density at radius 3 is 2.61 bits per heavy atom. The summed E-state index contributed by atoms with van der Waals surface area (Å²) in [5, 5.41) is 8.45. The molecule has 7 heteroatoms. The highest BCUT2D eigenvalue weighted by atomic mass is 19.3. The van der Waals surface area contributed by atoms with E-state index in [0.717, 1.165) is 18.0 Å². The summed E-state index contributed by atoms with van der Waals surface area (Å²) in [5.74, 6) is -1.20. The Labute approximate surface area is 105 Å². The van der Waals surface area contributed by atoms with Gasteiger partial charge in [-0.25, -0.2) is 0 Å². The van der Waals surface area contributed by atoms with E-state index in [9.17, 15) is 13.6 Å². The van der Waals surface area contributed by atoms with E-state index < -0.39 is 12.3 Å². The van der Waals surface area contributed by atoms with E-state index in [1.54, 1.807) is 0 Å². The fourth-order valence-corrected chi connectivity index (χ4v) is 1.74. The molecule has 0 atom stereocenters. The first-order valence-electron chi connectivity index (χ1n) is 5.89. The van der Waals surface area contributed by atoms with Gasteiger partial charge in [-0.05, 0) is 0 Å². The fourth-order valence-electron chi connectivity index (χ4n) is 1.74. The number of carbonyl (C=O) groups excluding carboxylic acids is 1. The maximum absolute atomic E-state index is 12.4. The zero-order valence-electron chi connectivity index (χ0n) is 10.1. The Kier molecular flexibility index (Phi) is 6.54. The molecule has 0 aromatic rings. The van der Waals surface area contributed by atoms with Crippen molar-refractivity contribution in [3.63, 3.8) is 0 Å². The molecule has 0 aromatic carbocycles. The average molecular weight is 261 g/mol. The third-order valence-electron chi connectivity index (χ3n) is 2.78. The molecule has 5 nitrogen and oxygen atoms in total. The normalized spacial score (nSPS) is 16.6. The summed E-state index contributed by atoms with van der Waals surface area (Å²) in [6.07, 6.45) is -2.94. The summed E-state index contributed by atoms with van der Waals surface area (Å²) in [6.45, 7) is 3.56. The molecule has 102 valence electrons. The lowest BCUT2D eigenvalue weighted by Crippen LogP contribution is -2.44. The highest BCUT2D eigenvalue weighted by Gasteiger charge is 2.23. The number of halogens is 2. The van der Waals surface area contributed by atoms with Crippen molar-refractivity contribution in [2.24, 2.45) is 0 Å². The van der Waals surface area contributed by atoms with E-state index in [1.165, 1.54) is 0 Å². The van der Waals surface area contributed by atoms with Crippen molar-refractivity contribution in [3.05, 3.63) is 0 Å².